The number of rotatable bonds is 8. The molecule has 3 rings (SSSR count). The molecule has 0 unspecified atom stereocenters. The van der Waals surface area contributed by atoms with E-state index in [-0.39, 0.29) is 0 Å². The van der Waals surface area contributed by atoms with Gasteiger partial charge in [-0.05, 0) is 31.2 Å². The van der Waals surface area contributed by atoms with Crippen LogP contribution in [0.5, 0.6) is 5.88 Å². The molecule has 1 aliphatic carbocycles. The fraction of sp³-hybridized carbons (Fsp3) is 0.444. The van der Waals surface area contributed by atoms with Crippen molar-refractivity contribution in [1.82, 2.24) is 9.97 Å². The first-order valence-corrected chi connectivity index (χ1v) is 8.14. The van der Waals surface area contributed by atoms with Crippen molar-refractivity contribution in [1.29, 1.82) is 0 Å². The molecule has 0 saturated heterocycles. The fourth-order valence-corrected chi connectivity index (χ4v) is 2.32. The number of nitrogens with zero attached hydrogens (tertiary/aromatic N) is 2. The maximum absolute atomic E-state index is 5.69. The van der Waals surface area contributed by atoms with Crippen LogP contribution in [0.4, 0.5) is 5.82 Å². The lowest BCUT2D eigenvalue weighted by Crippen LogP contribution is -2.09. The molecule has 1 aromatic carbocycles. The van der Waals surface area contributed by atoms with E-state index in [1.54, 1.807) is 0 Å². The Morgan fingerprint density at radius 2 is 2.00 bits per heavy atom. The Morgan fingerprint density at radius 1 is 1.18 bits per heavy atom. The molecule has 2 aromatic rings. The summed E-state index contributed by atoms with van der Waals surface area (Å²) in [6.45, 7) is 3.66. The van der Waals surface area contributed by atoms with Crippen molar-refractivity contribution in [2.75, 3.05) is 18.5 Å². The van der Waals surface area contributed by atoms with Crippen molar-refractivity contribution in [2.45, 2.75) is 38.5 Å². The third kappa shape index (κ3) is 4.20. The molecule has 1 saturated carbocycles. The van der Waals surface area contributed by atoms with Gasteiger partial charge in [-0.25, -0.2) is 4.98 Å². The summed E-state index contributed by atoms with van der Waals surface area (Å²) >= 11 is 0. The minimum atomic E-state index is 0.528. The SMILES string of the molecule is CCCOc1cc(NCCc2ccccc2)nc(C2CC2)n1. The zero-order chi connectivity index (χ0) is 15.2. The second kappa shape index (κ2) is 7.25. The quantitative estimate of drug-likeness (QED) is 0.805. The van der Waals surface area contributed by atoms with Crippen LogP contribution < -0.4 is 10.1 Å². The molecule has 0 radical (unpaired) electrons. The number of anilines is 1. The highest BCUT2D eigenvalue weighted by Gasteiger charge is 2.27. The molecule has 1 N–H and O–H groups in total. The van der Waals surface area contributed by atoms with Crippen LogP contribution >= 0.6 is 0 Å². The molecule has 0 atom stereocenters. The second-order valence-electron chi connectivity index (χ2n) is 5.73. The Balaban J connectivity index is 1.62. The first-order valence-electron chi connectivity index (χ1n) is 8.14. The highest BCUT2D eigenvalue weighted by atomic mass is 16.5. The van der Waals surface area contributed by atoms with Gasteiger partial charge in [0, 0.05) is 18.5 Å². The Morgan fingerprint density at radius 3 is 2.73 bits per heavy atom. The van der Waals surface area contributed by atoms with Crippen LogP contribution in [-0.4, -0.2) is 23.1 Å². The van der Waals surface area contributed by atoms with Crippen molar-refractivity contribution in [3.05, 3.63) is 47.8 Å². The number of benzene rings is 1. The molecular formula is C18H23N3O. The number of aromatic nitrogens is 2. The van der Waals surface area contributed by atoms with E-state index in [2.05, 4.69) is 46.5 Å². The van der Waals surface area contributed by atoms with E-state index in [0.717, 1.165) is 31.0 Å². The molecule has 22 heavy (non-hydrogen) atoms. The van der Waals surface area contributed by atoms with Crippen LogP contribution in [0.25, 0.3) is 0 Å². The predicted octanol–water partition coefficient (Wildman–Crippen LogP) is 3.80. The van der Waals surface area contributed by atoms with Gasteiger partial charge in [0.25, 0.3) is 0 Å². The van der Waals surface area contributed by atoms with Crippen molar-refractivity contribution in [2.24, 2.45) is 0 Å². The maximum atomic E-state index is 5.69. The molecular weight excluding hydrogens is 274 g/mol. The maximum Gasteiger partial charge on any atom is 0.218 e. The van der Waals surface area contributed by atoms with Crippen LogP contribution in [0, 0.1) is 0 Å². The molecule has 1 heterocycles. The van der Waals surface area contributed by atoms with Crippen LogP contribution in [0.2, 0.25) is 0 Å². The van der Waals surface area contributed by atoms with Gasteiger partial charge in [-0.1, -0.05) is 37.3 Å². The molecule has 1 aromatic heterocycles. The third-order valence-corrected chi connectivity index (χ3v) is 3.68. The van der Waals surface area contributed by atoms with Crippen molar-refractivity contribution in [3.63, 3.8) is 0 Å². The molecule has 4 heteroatoms. The van der Waals surface area contributed by atoms with Gasteiger partial charge in [-0.2, -0.15) is 4.98 Å². The standard InChI is InChI=1S/C18H23N3O/c1-2-12-22-17-13-16(20-18(21-17)15-8-9-15)19-11-10-14-6-4-3-5-7-14/h3-7,13,15H,2,8-12H2,1H3,(H,19,20,21). The second-order valence-corrected chi connectivity index (χ2v) is 5.73. The summed E-state index contributed by atoms with van der Waals surface area (Å²) in [6, 6.07) is 12.4. The van der Waals surface area contributed by atoms with Gasteiger partial charge in [-0.15, -0.1) is 0 Å². The molecule has 116 valence electrons. The number of ether oxygens (including phenoxy) is 1. The highest BCUT2D eigenvalue weighted by molar-refractivity contribution is 5.39. The van der Waals surface area contributed by atoms with Gasteiger partial charge >= 0.3 is 0 Å². The Hall–Kier alpha value is -2.10. The van der Waals surface area contributed by atoms with E-state index in [9.17, 15) is 0 Å². The Kier molecular flexibility index (Phi) is 4.88. The smallest absolute Gasteiger partial charge is 0.218 e. The average Bonchev–Trinajstić information content (AvgIpc) is 3.39. The summed E-state index contributed by atoms with van der Waals surface area (Å²) < 4.78 is 5.69. The normalized spacial score (nSPS) is 13.9. The van der Waals surface area contributed by atoms with E-state index >= 15 is 0 Å². The van der Waals surface area contributed by atoms with Crippen molar-refractivity contribution in [3.8, 4) is 5.88 Å². The first-order chi connectivity index (χ1) is 10.8. The van der Waals surface area contributed by atoms with Gasteiger partial charge in [0.15, 0.2) is 0 Å². The van der Waals surface area contributed by atoms with Crippen LogP contribution in [0.1, 0.15) is 43.5 Å². The summed E-state index contributed by atoms with van der Waals surface area (Å²) in [6.07, 6.45) is 4.36. The minimum absolute atomic E-state index is 0.528. The number of hydrogen-bond acceptors (Lipinski definition) is 4. The van der Waals surface area contributed by atoms with E-state index < -0.39 is 0 Å². The van der Waals surface area contributed by atoms with Crippen LogP contribution in [-0.2, 0) is 6.42 Å². The molecule has 0 spiro atoms. The van der Waals surface area contributed by atoms with Crippen LogP contribution in [0.3, 0.4) is 0 Å². The third-order valence-electron chi connectivity index (χ3n) is 3.68. The number of hydrogen-bond donors (Lipinski definition) is 1. The molecule has 0 amide bonds. The molecule has 0 bridgehead atoms. The first kappa shape index (κ1) is 14.8. The zero-order valence-corrected chi connectivity index (χ0v) is 13.1. The topological polar surface area (TPSA) is 47.0 Å². The zero-order valence-electron chi connectivity index (χ0n) is 13.1. The lowest BCUT2D eigenvalue weighted by Gasteiger charge is -2.10. The fourth-order valence-electron chi connectivity index (χ4n) is 2.32. The van der Waals surface area contributed by atoms with Gasteiger partial charge in [0.05, 0.1) is 6.61 Å². The van der Waals surface area contributed by atoms with Gasteiger partial charge in [0.2, 0.25) is 5.88 Å². The Labute approximate surface area is 132 Å². The summed E-state index contributed by atoms with van der Waals surface area (Å²) in [5, 5.41) is 3.40. The Bertz CT molecular complexity index is 597. The van der Waals surface area contributed by atoms with E-state index in [4.69, 9.17) is 4.74 Å². The van der Waals surface area contributed by atoms with Crippen molar-refractivity contribution < 1.29 is 4.74 Å². The lowest BCUT2D eigenvalue weighted by molar-refractivity contribution is 0.303. The number of nitrogens with one attached hydrogen (secondary N) is 1. The molecule has 0 aliphatic heterocycles. The van der Waals surface area contributed by atoms with Crippen molar-refractivity contribution >= 4 is 5.82 Å². The summed E-state index contributed by atoms with van der Waals surface area (Å²) in [5.41, 5.74) is 1.33. The van der Waals surface area contributed by atoms with E-state index in [1.807, 2.05) is 12.1 Å². The molecule has 1 aliphatic rings. The largest absolute Gasteiger partial charge is 0.478 e. The van der Waals surface area contributed by atoms with E-state index in [1.165, 1.54) is 18.4 Å². The van der Waals surface area contributed by atoms with Gasteiger partial charge in [0.1, 0.15) is 11.6 Å². The monoisotopic (exact) mass is 297 g/mol. The molecule has 1 fully saturated rings. The van der Waals surface area contributed by atoms with Crippen LogP contribution in [0.15, 0.2) is 36.4 Å². The summed E-state index contributed by atoms with van der Waals surface area (Å²) in [5.74, 6) is 3.02. The average molecular weight is 297 g/mol. The summed E-state index contributed by atoms with van der Waals surface area (Å²) in [4.78, 5) is 9.16. The minimum Gasteiger partial charge on any atom is -0.478 e. The van der Waals surface area contributed by atoms with Gasteiger partial charge < -0.3 is 10.1 Å². The predicted molar refractivity (Wildman–Crippen MR) is 88.4 cm³/mol. The lowest BCUT2D eigenvalue weighted by atomic mass is 10.1. The summed E-state index contributed by atoms with van der Waals surface area (Å²) in [7, 11) is 0. The van der Waals surface area contributed by atoms with E-state index in [0.29, 0.717) is 18.4 Å². The van der Waals surface area contributed by atoms with Gasteiger partial charge in [-0.3, -0.25) is 0 Å². The highest BCUT2D eigenvalue weighted by Crippen LogP contribution is 2.39. The molecule has 4 nitrogen and oxygen atoms in total.